The summed E-state index contributed by atoms with van der Waals surface area (Å²) in [5.41, 5.74) is 0.500. The zero-order valence-corrected chi connectivity index (χ0v) is 25.0. The van der Waals surface area contributed by atoms with E-state index in [-0.39, 0.29) is 14.9 Å². The molecule has 0 saturated heterocycles. The molecule has 0 aliphatic rings. The maximum Gasteiger partial charge on any atom is 0.407 e. The lowest BCUT2D eigenvalue weighted by molar-refractivity contribution is -0.161. The number of nitrogens with zero attached hydrogens (tertiary/aromatic N) is 1. The van der Waals surface area contributed by atoms with Gasteiger partial charge in [0.25, 0.3) is 0 Å². The standard InChI is InChI=1S/C29H27BrF5N3O3S/c1-16(2)26(28(39)37-21(15-36)14-23-24(31)12-20(30)13-25(23)32)38-27(29(33,34)35)19-6-4-17(5-7-19)18-8-10-22(11-9-18)42(3,40)41/h4-13,16,21,26-27,38H,14H2,1-3H3,(H,37,39)/t21?,26-,27-/m0/s1. The molecule has 6 nitrogen and oxygen atoms in total. The Kier molecular flexibility index (Phi) is 10.5. The monoisotopic (exact) mass is 671 g/mol. The van der Waals surface area contributed by atoms with Crippen molar-refractivity contribution in [2.75, 3.05) is 6.26 Å². The van der Waals surface area contributed by atoms with Crippen molar-refractivity contribution in [1.82, 2.24) is 10.6 Å². The first kappa shape index (κ1) is 33.2. The predicted molar refractivity (Wildman–Crippen MR) is 151 cm³/mol. The van der Waals surface area contributed by atoms with Gasteiger partial charge in [-0.05, 0) is 46.9 Å². The third-order valence-corrected chi connectivity index (χ3v) is 8.06. The number of carbonyl (C=O) groups excluding carboxylic acids is 1. The van der Waals surface area contributed by atoms with Gasteiger partial charge in [-0.2, -0.15) is 18.4 Å². The lowest BCUT2D eigenvalue weighted by Gasteiger charge is -2.30. The van der Waals surface area contributed by atoms with E-state index >= 15 is 0 Å². The van der Waals surface area contributed by atoms with Gasteiger partial charge in [0.15, 0.2) is 9.84 Å². The third kappa shape index (κ3) is 8.36. The van der Waals surface area contributed by atoms with Crippen LogP contribution in [0.4, 0.5) is 22.0 Å². The second kappa shape index (κ2) is 13.3. The summed E-state index contributed by atoms with van der Waals surface area (Å²) in [7, 11) is -3.41. The van der Waals surface area contributed by atoms with Crippen LogP contribution in [0.3, 0.4) is 0 Å². The molecule has 2 N–H and O–H groups in total. The molecule has 3 aromatic rings. The van der Waals surface area contributed by atoms with Crippen LogP contribution in [0.25, 0.3) is 11.1 Å². The molecule has 1 amide bonds. The Hall–Kier alpha value is -3.34. The lowest BCUT2D eigenvalue weighted by Crippen LogP contribution is -2.53. The van der Waals surface area contributed by atoms with Gasteiger partial charge in [0, 0.05) is 22.7 Å². The van der Waals surface area contributed by atoms with E-state index in [0.29, 0.717) is 11.1 Å². The number of amides is 1. The molecule has 3 rings (SSSR count). The van der Waals surface area contributed by atoms with E-state index < -0.39 is 69.6 Å². The number of rotatable bonds is 10. The van der Waals surface area contributed by atoms with Gasteiger partial charge in [0.1, 0.15) is 23.7 Å². The summed E-state index contributed by atoms with van der Waals surface area (Å²) in [6.45, 7) is 3.03. The van der Waals surface area contributed by atoms with Crippen molar-refractivity contribution in [3.63, 3.8) is 0 Å². The van der Waals surface area contributed by atoms with E-state index in [4.69, 9.17) is 0 Å². The highest BCUT2D eigenvalue weighted by Crippen LogP contribution is 2.35. The van der Waals surface area contributed by atoms with E-state index in [9.17, 15) is 40.4 Å². The van der Waals surface area contributed by atoms with Gasteiger partial charge in [-0.15, -0.1) is 0 Å². The van der Waals surface area contributed by atoms with E-state index in [1.165, 1.54) is 50.2 Å². The van der Waals surface area contributed by atoms with Gasteiger partial charge in [-0.1, -0.05) is 66.2 Å². The highest BCUT2D eigenvalue weighted by Gasteiger charge is 2.43. The molecule has 3 aromatic carbocycles. The number of alkyl halides is 3. The maximum absolute atomic E-state index is 14.3. The number of carbonyl (C=O) groups is 1. The zero-order chi connectivity index (χ0) is 31.4. The van der Waals surface area contributed by atoms with Gasteiger partial charge in [0.2, 0.25) is 5.91 Å². The van der Waals surface area contributed by atoms with Crippen LogP contribution in [-0.2, 0) is 21.1 Å². The van der Waals surface area contributed by atoms with Crippen LogP contribution in [0.5, 0.6) is 0 Å². The van der Waals surface area contributed by atoms with E-state index in [1.807, 2.05) is 0 Å². The molecule has 0 radical (unpaired) electrons. The van der Waals surface area contributed by atoms with Crippen LogP contribution in [0, 0.1) is 28.9 Å². The Morgan fingerprint density at radius 3 is 1.90 bits per heavy atom. The Labute approximate surface area is 249 Å². The number of nitrogens with one attached hydrogen (secondary N) is 2. The minimum Gasteiger partial charge on any atom is -0.339 e. The van der Waals surface area contributed by atoms with Crippen molar-refractivity contribution in [3.05, 3.63) is 87.9 Å². The Morgan fingerprint density at radius 1 is 0.976 bits per heavy atom. The molecule has 0 aliphatic carbocycles. The molecular weight excluding hydrogens is 645 g/mol. The van der Waals surface area contributed by atoms with Crippen molar-refractivity contribution in [2.45, 2.75) is 49.5 Å². The second-order valence-electron chi connectivity index (χ2n) is 10.0. The summed E-state index contributed by atoms with van der Waals surface area (Å²) in [4.78, 5) is 13.2. The number of halogens is 6. The molecule has 3 atom stereocenters. The average molecular weight is 673 g/mol. The van der Waals surface area contributed by atoms with Crippen LogP contribution in [0.2, 0.25) is 0 Å². The van der Waals surface area contributed by atoms with Crippen molar-refractivity contribution >= 4 is 31.7 Å². The van der Waals surface area contributed by atoms with Crippen molar-refractivity contribution in [2.24, 2.45) is 5.92 Å². The number of hydrogen-bond acceptors (Lipinski definition) is 5. The van der Waals surface area contributed by atoms with Crippen molar-refractivity contribution < 1.29 is 35.2 Å². The predicted octanol–water partition coefficient (Wildman–Crippen LogP) is 6.27. The normalized spacial score (nSPS) is 14.2. The SMILES string of the molecule is CC(C)[C@H](N[C@@H](c1ccc(-c2ccc(S(C)(=O)=O)cc2)cc1)C(F)(F)F)C(=O)NC(C#N)Cc1c(F)cc(Br)cc1F. The Bertz CT molecular complexity index is 1550. The molecule has 0 bridgehead atoms. The minimum absolute atomic E-state index is 0.105. The first-order valence-corrected chi connectivity index (χ1v) is 15.3. The summed E-state index contributed by atoms with van der Waals surface area (Å²) in [6.07, 6.45) is -4.29. The van der Waals surface area contributed by atoms with Crippen LogP contribution in [0.15, 0.2) is 70.0 Å². The first-order valence-electron chi connectivity index (χ1n) is 12.6. The molecular formula is C29H27BrF5N3O3S. The topological polar surface area (TPSA) is 99.1 Å². The average Bonchev–Trinajstić information content (AvgIpc) is 2.89. The fourth-order valence-electron chi connectivity index (χ4n) is 4.25. The highest BCUT2D eigenvalue weighted by atomic mass is 79.9. The highest BCUT2D eigenvalue weighted by molar-refractivity contribution is 9.10. The van der Waals surface area contributed by atoms with Gasteiger partial charge >= 0.3 is 6.18 Å². The minimum atomic E-state index is -4.82. The Morgan fingerprint density at radius 2 is 1.48 bits per heavy atom. The molecule has 0 heterocycles. The summed E-state index contributed by atoms with van der Waals surface area (Å²) in [5, 5.41) is 14.2. The molecule has 0 fully saturated rings. The summed E-state index contributed by atoms with van der Waals surface area (Å²) < 4.78 is 94.7. The van der Waals surface area contributed by atoms with Crippen LogP contribution in [-0.4, -0.2) is 38.8 Å². The van der Waals surface area contributed by atoms with E-state index in [0.717, 1.165) is 18.4 Å². The number of benzene rings is 3. The largest absolute Gasteiger partial charge is 0.407 e. The molecule has 13 heteroatoms. The molecule has 0 spiro atoms. The smallest absolute Gasteiger partial charge is 0.339 e. The van der Waals surface area contributed by atoms with E-state index in [2.05, 4.69) is 26.6 Å². The fourth-order valence-corrected chi connectivity index (χ4v) is 5.29. The van der Waals surface area contributed by atoms with Crippen molar-refractivity contribution in [3.8, 4) is 17.2 Å². The first-order chi connectivity index (χ1) is 19.5. The second-order valence-corrected chi connectivity index (χ2v) is 13.0. The van der Waals surface area contributed by atoms with Crippen LogP contribution in [0.1, 0.15) is 31.0 Å². The summed E-state index contributed by atoms with van der Waals surface area (Å²) in [6, 6.07) is 9.91. The van der Waals surface area contributed by atoms with Crippen molar-refractivity contribution in [1.29, 1.82) is 5.26 Å². The van der Waals surface area contributed by atoms with Gasteiger partial charge in [0.05, 0.1) is 17.0 Å². The molecule has 42 heavy (non-hydrogen) atoms. The van der Waals surface area contributed by atoms with Crippen LogP contribution < -0.4 is 10.6 Å². The van der Waals surface area contributed by atoms with Gasteiger partial charge in [-0.3, -0.25) is 10.1 Å². The number of hydrogen-bond donors (Lipinski definition) is 2. The Balaban J connectivity index is 1.82. The lowest BCUT2D eigenvalue weighted by atomic mass is 9.97. The summed E-state index contributed by atoms with van der Waals surface area (Å²) >= 11 is 2.95. The van der Waals surface area contributed by atoms with Crippen LogP contribution >= 0.6 is 15.9 Å². The van der Waals surface area contributed by atoms with Gasteiger partial charge < -0.3 is 5.32 Å². The molecule has 0 aliphatic heterocycles. The quantitative estimate of drug-likeness (QED) is 0.248. The fraction of sp³-hybridized carbons (Fsp3) is 0.310. The maximum atomic E-state index is 14.3. The molecule has 0 aromatic heterocycles. The van der Waals surface area contributed by atoms with E-state index in [1.54, 1.807) is 18.2 Å². The third-order valence-electron chi connectivity index (χ3n) is 6.47. The number of nitriles is 1. The summed E-state index contributed by atoms with van der Waals surface area (Å²) in [5.74, 6) is -3.49. The molecule has 224 valence electrons. The zero-order valence-electron chi connectivity index (χ0n) is 22.6. The molecule has 0 saturated carbocycles. The molecule has 1 unspecified atom stereocenters. The van der Waals surface area contributed by atoms with Gasteiger partial charge in [-0.25, -0.2) is 17.2 Å². The number of sulfone groups is 1.